The molecule has 0 unspecified atom stereocenters. The monoisotopic (exact) mass is 297 g/mol. The molecule has 0 aliphatic rings. The first-order valence-corrected chi connectivity index (χ1v) is 9.26. The lowest BCUT2D eigenvalue weighted by molar-refractivity contribution is -0.143. The Balaban J connectivity index is 3.13. The number of carbonyl (C=O) groups excluding carboxylic acids is 1. The van der Waals surface area contributed by atoms with E-state index >= 15 is 0 Å². The molecule has 0 fully saturated rings. The molecule has 0 aromatic carbocycles. The number of hydrogen-bond donors (Lipinski definition) is 0. The van der Waals surface area contributed by atoms with Crippen molar-refractivity contribution in [3.63, 3.8) is 0 Å². The molecular weight excluding hydrogens is 260 g/mol. The summed E-state index contributed by atoms with van der Waals surface area (Å²) in [6, 6.07) is 0. The van der Waals surface area contributed by atoms with E-state index in [1.165, 1.54) is 64.2 Å². The first kappa shape index (κ1) is 20.5. The van der Waals surface area contributed by atoms with Crippen LogP contribution in [-0.4, -0.2) is 12.6 Å². The van der Waals surface area contributed by atoms with Gasteiger partial charge in [-0.3, -0.25) is 4.79 Å². The van der Waals surface area contributed by atoms with Crippen molar-refractivity contribution in [2.45, 2.75) is 103 Å². The summed E-state index contributed by atoms with van der Waals surface area (Å²) in [6.45, 7) is 6.70. The molecule has 0 saturated carbocycles. The van der Waals surface area contributed by atoms with E-state index in [9.17, 15) is 4.79 Å². The molecule has 125 valence electrons. The molecule has 1 radical (unpaired) electrons. The van der Waals surface area contributed by atoms with Gasteiger partial charge in [0.05, 0.1) is 6.61 Å². The van der Waals surface area contributed by atoms with E-state index < -0.39 is 0 Å². The molecule has 0 bridgehead atoms. The minimum absolute atomic E-state index is 0.000570. The molecule has 0 heterocycles. The molecule has 2 heteroatoms. The van der Waals surface area contributed by atoms with Crippen LogP contribution in [0, 0.1) is 6.92 Å². The molecule has 0 spiro atoms. The molecule has 0 N–H and O–H groups in total. The standard InChI is InChI=1S/C19H37O2/c1-3-5-7-9-11-12-13-15-17-19(20)21-18-16-14-10-8-6-4-2/h1,3-18H2,2H3. The molecule has 0 saturated heterocycles. The van der Waals surface area contributed by atoms with Crippen molar-refractivity contribution < 1.29 is 9.53 Å². The summed E-state index contributed by atoms with van der Waals surface area (Å²) in [4.78, 5) is 11.5. The summed E-state index contributed by atoms with van der Waals surface area (Å²) < 4.78 is 5.26. The smallest absolute Gasteiger partial charge is 0.305 e. The van der Waals surface area contributed by atoms with Crippen LogP contribution >= 0.6 is 0 Å². The van der Waals surface area contributed by atoms with Crippen LogP contribution in [0.3, 0.4) is 0 Å². The SMILES string of the molecule is [CH2]CCCCCCCCCC(=O)OCCCCCCCC. The molecule has 0 aromatic rings. The first-order valence-electron chi connectivity index (χ1n) is 9.26. The largest absolute Gasteiger partial charge is 0.466 e. The van der Waals surface area contributed by atoms with E-state index in [1.807, 2.05) is 0 Å². The Morgan fingerprint density at radius 3 is 1.90 bits per heavy atom. The Hall–Kier alpha value is -0.530. The highest BCUT2D eigenvalue weighted by atomic mass is 16.5. The van der Waals surface area contributed by atoms with Crippen molar-refractivity contribution in [1.29, 1.82) is 0 Å². The molecule has 0 amide bonds. The predicted molar refractivity (Wildman–Crippen MR) is 91.2 cm³/mol. The normalized spacial score (nSPS) is 10.8. The van der Waals surface area contributed by atoms with Crippen molar-refractivity contribution in [2.24, 2.45) is 0 Å². The van der Waals surface area contributed by atoms with Crippen molar-refractivity contribution >= 4 is 5.97 Å². The van der Waals surface area contributed by atoms with Crippen LogP contribution in [0.25, 0.3) is 0 Å². The molecule has 0 rings (SSSR count). The van der Waals surface area contributed by atoms with Gasteiger partial charge in [-0.1, -0.05) is 90.9 Å². The third kappa shape index (κ3) is 17.4. The third-order valence-electron chi connectivity index (χ3n) is 3.89. The van der Waals surface area contributed by atoms with E-state index in [0.717, 1.165) is 25.7 Å². The van der Waals surface area contributed by atoms with Crippen molar-refractivity contribution in [1.82, 2.24) is 0 Å². The van der Waals surface area contributed by atoms with Gasteiger partial charge in [-0.15, -0.1) is 0 Å². The molecule has 2 nitrogen and oxygen atoms in total. The van der Waals surface area contributed by atoms with Gasteiger partial charge < -0.3 is 4.74 Å². The first-order chi connectivity index (χ1) is 10.3. The maximum atomic E-state index is 11.5. The fraction of sp³-hybridized carbons (Fsp3) is 0.895. The number of carbonyl (C=O) groups is 1. The minimum atomic E-state index is 0.000570. The van der Waals surface area contributed by atoms with Crippen molar-refractivity contribution in [2.75, 3.05) is 6.61 Å². The van der Waals surface area contributed by atoms with Gasteiger partial charge >= 0.3 is 5.97 Å². The summed E-state index contributed by atoms with van der Waals surface area (Å²) in [5, 5.41) is 0. The van der Waals surface area contributed by atoms with Gasteiger partial charge in [0.15, 0.2) is 0 Å². The maximum Gasteiger partial charge on any atom is 0.305 e. The van der Waals surface area contributed by atoms with Gasteiger partial charge in [0.25, 0.3) is 0 Å². The second-order valence-electron chi connectivity index (χ2n) is 6.07. The highest BCUT2D eigenvalue weighted by Crippen LogP contribution is 2.10. The summed E-state index contributed by atoms with van der Waals surface area (Å²) >= 11 is 0. The van der Waals surface area contributed by atoms with E-state index in [4.69, 9.17) is 4.74 Å². The van der Waals surface area contributed by atoms with E-state index in [2.05, 4.69) is 13.8 Å². The zero-order valence-electron chi connectivity index (χ0n) is 14.3. The molecular formula is C19H37O2. The molecule has 0 aromatic heterocycles. The van der Waals surface area contributed by atoms with Gasteiger partial charge in [-0.2, -0.15) is 0 Å². The van der Waals surface area contributed by atoms with Gasteiger partial charge in [-0.25, -0.2) is 0 Å². The van der Waals surface area contributed by atoms with Crippen LogP contribution in [-0.2, 0) is 9.53 Å². The number of rotatable bonds is 16. The van der Waals surface area contributed by atoms with Crippen molar-refractivity contribution in [3.8, 4) is 0 Å². The highest BCUT2D eigenvalue weighted by Gasteiger charge is 2.02. The average molecular weight is 298 g/mol. The Labute approximate surface area is 133 Å². The molecule has 0 atom stereocenters. The molecule has 0 aliphatic heterocycles. The quantitative estimate of drug-likeness (QED) is 0.249. The summed E-state index contributed by atoms with van der Waals surface area (Å²) in [7, 11) is 0. The average Bonchev–Trinajstić information content (AvgIpc) is 2.49. The lowest BCUT2D eigenvalue weighted by atomic mass is 10.1. The van der Waals surface area contributed by atoms with Crippen LogP contribution in [0.5, 0.6) is 0 Å². The van der Waals surface area contributed by atoms with Crippen LogP contribution < -0.4 is 0 Å². The van der Waals surface area contributed by atoms with Gasteiger partial charge in [0.1, 0.15) is 0 Å². The van der Waals surface area contributed by atoms with E-state index in [0.29, 0.717) is 13.0 Å². The Morgan fingerprint density at radius 2 is 1.29 bits per heavy atom. The second-order valence-corrected chi connectivity index (χ2v) is 6.07. The van der Waals surface area contributed by atoms with E-state index in [1.54, 1.807) is 0 Å². The van der Waals surface area contributed by atoms with Gasteiger partial charge in [-0.05, 0) is 12.8 Å². The zero-order chi connectivity index (χ0) is 15.6. The fourth-order valence-electron chi connectivity index (χ4n) is 2.47. The maximum absolute atomic E-state index is 11.5. The van der Waals surface area contributed by atoms with Crippen LogP contribution in [0.1, 0.15) is 103 Å². The Morgan fingerprint density at radius 1 is 0.762 bits per heavy atom. The predicted octanol–water partition coefficient (Wildman–Crippen LogP) is 6.24. The van der Waals surface area contributed by atoms with Crippen LogP contribution in [0.2, 0.25) is 0 Å². The van der Waals surface area contributed by atoms with E-state index in [-0.39, 0.29) is 5.97 Å². The highest BCUT2D eigenvalue weighted by molar-refractivity contribution is 5.69. The Kier molecular flexibility index (Phi) is 17.1. The second kappa shape index (κ2) is 17.5. The zero-order valence-corrected chi connectivity index (χ0v) is 14.3. The summed E-state index contributed by atoms with van der Waals surface area (Å²) in [5.41, 5.74) is 0. The van der Waals surface area contributed by atoms with Crippen LogP contribution in [0.15, 0.2) is 0 Å². The number of esters is 1. The summed E-state index contributed by atoms with van der Waals surface area (Å²) in [6.07, 6.45) is 17.7. The molecule has 0 aliphatic carbocycles. The topological polar surface area (TPSA) is 26.3 Å². The minimum Gasteiger partial charge on any atom is -0.466 e. The lowest BCUT2D eigenvalue weighted by Crippen LogP contribution is -2.05. The van der Waals surface area contributed by atoms with Gasteiger partial charge in [0, 0.05) is 6.42 Å². The molecule has 21 heavy (non-hydrogen) atoms. The lowest BCUT2D eigenvalue weighted by Gasteiger charge is -2.05. The fourth-order valence-corrected chi connectivity index (χ4v) is 2.47. The van der Waals surface area contributed by atoms with Crippen LogP contribution in [0.4, 0.5) is 0 Å². The number of hydrogen-bond acceptors (Lipinski definition) is 2. The summed E-state index contributed by atoms with van der Waals surface area (Å²) in [5.74, 6) is 0.000570. The number of ether oxygens (including phenoxy) is 1. The Bertz CT molecular complexity index is 214. The number of unbranched alkanes of at least 4 members (excludes halogenated alkanes) is 12. The van der Waals surface area contributed by atoms with Crippen molar-refractivity contribution in [3.05, 3.63) is 6.92 Å². The third-order valence-corrected chi connectivity index (χ3v) is 3.89. The van der Waals surface area contributed by atoms with Gasteiger partial charge in [0.2, 0.25) is 0 Å².